The summed E-state index contributed by atoms with van der Waals surface area (Å²) in [5, 5.41) is 0. The molecule has 3 aromatic rings. The first-order valence-electron chi connectivity index (χ1n) is 12.7. The Morgan fingerprint density at radius 2 is 1.37 bits per heavy atom. The van der Waals surface area contributed by atoms with Crippen LogP contribution in [0.4, 0.5) is 0 Å². The minimum atomic E-state index is -3.54. The minimum Gasteiger partial charge on any atom is -0.494 e. The average molecular weight is 491 g/mol. The molecule has 1 aliphatic carbocycles. The van der Waals surface area contributed by atoms with Crippen LogP contribution < -0.4 is 4.74 Å². The Hall–Kier alpha value is -2.67. The van der Waals surface area contributed by atoms with E-state index in [0.717, 1.165) is 25.7 Å². The Balaban J connectivity index is 1.33. The molecule has 0 spiro atoms. The molecule has 0 radical (unpaired) electrons. The highest BCUT2D eigenvalue weighted by molar-refractivity contribution is 7.89. The maximum atomic E-state index is 13.4. The van der Waals surface area contributed by atoms with Gasteiger partial charge in [0, 0.05) is 26.2 Å². The highest BCUT2D eigenvalue weighted by atomic mass is 32.2. The maximum absolute atomic E-state index is 13.4. The third kappa shape index (κ3) is 5.01. The number of rotatable bonds is 7. The van der Waals surface area contributed by atoms with Crippen LogP contribution in [0, 0.1) is 0 Å². The zero-order valence-corrected chi connectivity index (χ0v) is 21.2. The Bertz CT molecular complexity index is 1200. The van der Waals surface area contributed by atoms with Gasteiger partial charge in [0.15, 0.2) is 0 Å². The highest BCUT2D eigenvalue weighted by Crippen LogP contribution is 2.37. The van der Waals surface area contributed by atoms with Gasteiger partial charge in [0.1, 0.15) is 5.75 Å². The molecule has 0 unspecified atom stereocenters. The number of hydrogen-bond acceptors (Lipinski definition) is 4. The molecule has 0 saturated carbocycles. The minimum absolute atomic E-state index is 0.161. The highest BCUT2D eigenvalue weighted by Gasteiger charge is 2.34. The van der Waals surface area contributed by atoms with E-state index in [0.29, 0.717) is 43.4 Å². The lowest BCUT2D eigenvalue weighted by Gasteiger charge is -2.39. The lowest BCUT2D eigenvalue weighted by molar-refractivity contribution is 0.155. The van der Waals surface area contributed by atoms with Crippen molar-refractivity contribution in [3.05, 3.63) is 95.1 Å². The number of ether oxygens (including phenoxy) is 1. The first-order valence-corrected chi connectivity index (χ1v) is 14.1. The average Bonchev–Trinajstić information content (AvgIpc) is 3.06. The molecule has 5 nitrogen and oxygen atoms in total. The maximum Gasteiger partial charge on any atom is 0.243 e. The molecular weight excluding hydrogens is 456 g/mol. The number of fused-ring (bicyclic) bond motifs is 2. The van der Waals surface area contributed by atoms with Gasteiger partial charge < -0.3 is 4.74 Å². The molecule has 0 atom stereocenters. The van der Waals surface area contributed by atoms with Gasteiger partial charge >= 0.3 is 0 Å². The van der Waals surface area contributed by atoms with Crippen molar-refractivity contribution in [1.82, 2.24) is 9.21 Å². The number of sulfonamides is 1. The van der Waals surface area contributed by atoms with Crippen LogP contribution in [0.1, 0.15) is 48.1 Å². The molecule has 35 heavy (non-hydrogen) atoms. The zero-order chi connectivity index (χ0) is 24.3. The largest absolute Gasteiger partial charge is 0.494 e. The predicted octanol–water partition coefficient (Wildman–Crippen LogP) is 5.06. The molecule has 1 saturated heterocycles. The van der Waals surface area contributed by atoms with Crippen LogP contribution in [0.2, 0.25) is 0 Å². The van der Waals surface area contributed by atoms with Crippen molar-refractivity contribution in [2.24, 2.45) is 0 Å². The molecule has 0 aromatic heterocycles. The molecule has 1 heterocycles. The normalized spacial score (nSPS) is 17.4. The number of benzene rings is 3. The van der Waals surface area contributed by atoms with Crippen LogP contribution in [0.25, 0.3) is 0 Å². The van der Waals surface area contributed by atoms with E-state index < -0.39 is 10.0 Å². The number of aryl methyl sites for hydroxylation is 2. The van der Waals surface area contributed by atoms with Crippen LogP contribution in [0.15, 0.2) is 77.7 Å². The van der Waals surface area contributed by atoms with Gasteiger partial charge in [-0.3, -0.25) is 4.90 Å². The second kappa shape index (κ2) is 10.5. The Kier molecular flexibility index (Phi) is 7.23. The van der Waals surface area contributed by atoms with Gasteiger partial charge in [-0.1, -0.05) is 61.9 Å². The number of hydrogen-bond donors (Lipinski definition) is 0. The van der Waals surface area contributed by atoms with Crippen molar-refractivity contribution < 1.29 is 13.2 Å². The van der Waals surface area contributed by atoms with Crippen molar-refractivity contribution >= 4 is 10.0 Å². The van der Waals surface area contributed by atoms with Crippen molar-refractivity contribution in [2.75, 3.05) is 32.8 Å². The fourth-order valence-electron chi connectivity index (χ4n) is 5.28. The summed E-state index contributed by atoms with van der Waals surface area (Å²) in [6, 6.07) is 24.5. The van der Waals surface area contributed by atoms with Gasteiger partial charge in [0.05, 0.1) is 17.5 Å². The van der Waals surface area contributed by atoms with Gasteiger partial charge in [-0.15, -0.1) is 0 Å². The molecule has 184 valence electrons. The summed E-state index contributed by atoms with van der Waals surface area (Å²) in [5.74, 6) is 0.716. The predicted molar refractivity (Wildman–Crippen MR) is 139 cm³/mol. The monoisotopic (exact) mass is 490 g/mol. The number of piperazine rings is 1. The van der Waals surface area contributed by atoms with Crippen molar-refractivity contribution in [3.8, 4) is 5.75 Å². The van der Waals surface area contributed by atoms with Crippen LogP contribution in [0.3, 0.4) is 0 Å². The molecule has 0 amide bonds. The topological polar surface area (TPSA) is 49.9 Å². The quantitative estimate of drug-likeness (QED) is 0.435. The van der Waals surface area contributed by atoms with E-state index in [1.165, 1.54) is 22.3 Å². The second-order valence-corrected chi connectivity index (χ2v) is 11.4. The van der Waals surface area contributed by atoms with Crippen molar-refractivity contribution in [1.29, 1.82) is 0 Å². The summed E-state index contributed by atoms with van der Waals surface area (Å²) in [4.78, 5) is 2.79. The van der Waals surface area contributed by atoms with E-state index in [2.05, 4.69) is 60.4 Å². The third-order valence-corrected chi connectivity index (χ3v) is 9.14. The van der Waals surface area contributed by atoms with E-state index >= 15 is 0 Å². The molecule has 2 aliphatic rings. The molecule has 1 fully saturated rings. The lowest BCUT2D eigenvalue weighted by atomic mass is 9.93. The van der Waals surface area contributed by atoms with Crippen molar-refractivity contribution in [2.45, 2.75) is 43.5 Å². The van der Waals surface area contributed by atoms with Gasteiger partial charge in [0.2, 0.25) is 10.0 Å². The molecule has 0 N–H and O–H groups in total. The summed E-state index contributed by atoms with van der Waals surface area (Å²) >= 11 is 0. The summed E-state index contributed by atoms with van der Waals surface area (Å²) < 4.78 is 34.0. The standard InChI is InChI=1S/C29H34N2O3S/c1-2-3-22-34-25-14-16-26(17-15-25)35(32,33)31-20-18-30(19-21-31)29-27-10-6-4-8-23(27)12-13-24-9-5-7-11-28(24)29/h4-11,14-17,29H,2-3,12-13,18-22H2,1H3. The van der Waals surface area contributed by atoms with Gasteiger partial charge in [0.25, 0.3) is 0 Å². The molecule has 5 rings (SSSR count). The summed E-state index contributed by atoms with van der Waals surface area (Å²) in [6.45, 7) is 5.13. The molecule has 1 aliphatic heterocycles. The molecule has 0 bridgehead atoms. The van der Waals surface area contributed by atoms with E-state index in [1.807, 2.05) is 0 Å². The summed E-state index contributed by atoms with van der Waals surface area (Å²) in [6.07, 6.45) is 4.13. The first-order chi connectivity index (χ1) is 17.1. The number of unbranched alkanes of at least 4 members (excludes halogenated alkanes) is 1. The third-order valence-electron chi connectivity index (χ3n) is 7.23. The zero-order valence-electron chi connectivity index (χ0n) is 20.4. The van der Waals surface area contributed by atoms with Crippen LogP contribution in [-0.2, 0) is 22.9 Å². The van der Waals surface area contributed by atoms with E-state index in [9.17, 15) is 8.42 Å². The molecular formula is C29H34N2O3S. The molecule has 6 heteroatoms. The van der Waals surface area contributed by atoms with Crippen LogP contribution in [-0.4, -0.2) is 50.4 Å². The van der Waals surface area contributed by atoms with E-state index in [4.69, 9.17) is 4.74 Å². The van der Waals surface area contributed by atoms with Crippen LogP contribution in [0.5, 0.6) is 5.75 Å². The summed E-state index contributed by atoms with van der Waals surface area (Å²) in [7, 11) is -3.54. The second-order valence-electron chi connectivity index (χ2n) is 9.41. The Morgan fingerprint density at radius 1 is 0.800 bits per heavy atom. The van der Waals surface area contributed by atoms with Crippen molar-refractivity contribution in [3.63, 3.8) is 0 Å². The fourth-order valence-corrected chi connectivity index (χ4v) is 6.70. The Labute approximate surface area is 209 Å². The lowest BCUT2D eigenvalue weighted by Crippen LogP contribution is -2.49. The van der Waals surface area contributed by atoms with Gasteiger partial charge in [-0.25, -0.2) is 8.42 Å². The Morgan fingerprint density at radius 3 is 1.94 bits per heavy atom. The molecule has 3 aromatic carbocycles. The fraction of sp³-hybridized carbons (Fsp3) is 0.379. The van der Waals surface area contributed by atoms with Gasteiger partial charge in [-0.05, 0) is 65.8 Å². The van der Waals surface area contributed by atoms with E-state index in [-0.39, 0.29) is 6.04 Å². The van der Waals surface area contributed by atoms with E-state index in [1.54, 1.807) is 28.6 Å². The first kappa shape index (κ1) is 24.0. The smallest absolute Gasteiger partial charge is 0.243 e. The van der Waals surface area contributed by atoms with Crippen LogP contribution >= 0.6 is 0 Å². The summed E-state index contributed by atoms with van der Waals surface area (Å²) in [5.41, 5.74) is 5.50. The number of nitrogens with zero attached hydrogens (tertiary/aromatic N) is 2. The van der Waals surface area contributed by atoms with Gasteiger partial charge in [-0.2, -0.15) is 4.31 Å². The SMILES string of the molecule is CCCCOc1ccc(S(=O)(=O)N2CCN(C3c4ccccc4CCc4ccccc43)CC2)cc1.